The zero-order valence-electron chi connectivity index (χ0n) is 14.9. The Morgan fingerprint density at radius 1 is 1.04 bits per heavy atom. The first kappa shape index (κ1) is 17.3. The van der Waals surface area contributed by atoms with Crippen molar-refractivity contribution in [1.29, 1.82) is 0 Å². The van der Waals surface area contributed by atoms with Crippen molar-refractivity contribution in [3.05, 3.63) is 53.6 Å². The molecule has 1 heterocycles. The van der Waals surface area contributed by atoms with Crippen molar-refractivity contribution in [3.63, 3.8) is 0 Å². The second kappa shape index (κ2) is 7.15. The quantitative estimate of drug-likeness (QED) is 0.875. The third-order valence-electron chi connectivity index (χ3n) is 4.09. The molecule has 0 radical (unpaired) electrons. The molecule has 0 fully saturated rings. The molecule has 0 unspecified atom stereocenters. The summed E-state index contributed by atoms with van der Waals surface area (Å²) in [4.78, 5) is 12.1. The first-order valence-electron chi connectivity index (χ1n) is 8.41. The Hall–Kier alpha value is -2.53. The van der Waals surface area contributed by atoms with Crippen molar-refractivity contribution < 1.29 is 14.3 Å². The van der Waals surface area contributed by atoms with Crippen LogP contribution in [0.3, 0.4) is 0 Å². The minimum absolute atomic E-state index is 0.0655. The Labute approximate surface area is 148 Å². The van der Waals surface area contributed by atoms with Gasteiger partial charge in [-0.05, 0) is 40.8 Å². The summed E-state index contributed by atoms with van der Waals surface area (Å²) in [5.74, 6) is 1.45. The highest BCUT2D eigenvalue weighted by Gasteiger charge is 2.14. The van der Waals surface area contributed by atoms with Crippen LogP contribution in [0.4, 0.5) is 5.69 Å². The molecule has 1 aliphatic rings. The van der Waals surface area contributed by atoms with Gasteiger partial charge in [-0.15, -0.1) is 0 Å². The van der Waals surface area contributed by atoms with Crippen LogP contribution in [-0.4, -0.2) is 19.2 Å². The van der Waals surface area contributed by atoms with E-state index in [-0.39, 0.29) is 24.7 Å². The van der Waals surface area contributed by atoms with Crippen LogP contribution in [0.5, 0.6) is 11.5 Å². The molecule has 0 aromatic heterocycles. The molecule has 25 heavy (non-hydrogen) atoms. The molecule has 3 rings (SSSR count). The van der Waals surface area contributed by atoms with Crippen LogP contribution >= 0.6 is 0 Å². The highest BCUT2D eigenvalue weighted by molar-refractivity contribution is 5.92. The molecule has 0 saturated heterocycles. The number of anilines is 1. The average molecular weight is 340 g/mol. The van der Waals surface area contributed by atoms with E-state index in [0.29, 0.717) is 6.54 Å². The van der Waals surface area contributed by atoms with E-state index in [2.05, 4.69) is 43.5 Å². The zero-order chi connectivity index (χ0) is 17.9. The number of amides is 1. The lowest BCUT2D eigenvalue weighted by molar-refractivity contribution is -0.115. The third kappa shape index (κ3) is 4.51. The van der Waals surface area contributed by atoms with Crippen LogP contribution in [0.1, 0.15) is 31.9 Å². The molecule has 0 spiro atoms. The van der Waals surface area contributed by atoms with E-state index in [9.17, 15) is 4.79 Å². The fourth-order valence-corrected chi connectivity index (χ4v) is 2.63. The van der Waals surface area contributed by atoms with Crippen LogP contribution in [-0.2, 0) is 16.8 Å². The second-order valence-electron chi connectivity index (χ2n) is 7.17. The van der Waals surface area contributed by atoms with E-state index in [1.165, 1.54) is 5.56 Å². The zero-order valence-corrected chi connectivity index (χ0v) is 14.9. The van der Waals surface area contributed by atoms with E-state index < -0.39 is 0 Å². The lowest BCUT2D eigenvalue weighted by Gasteiger charge is -2.19. The molecule has 2 N–H and O–H groups in total. The van der Waals surface area contributed by atoms with Gasteiger partial charge >= 0.3 is 0 Å². The summed E-state index contributed by atoms with van der Waals surface area (Å²) >= 11 is 0. The monoisotopic (exact) mass is 340 g/mol. The topological polar surface area (TPSA) is 59.6 Å². The maximum Gasteiger partial charge on any atom is 0.238 e. The van der Waals surface area contributed by atoms with E-state index in [0.717, 1.165) is 22.7 Å². The lowest BCUT2D eigenvalue weighted by atomic mass is 9.87. The Morgan fingerprint density at radius 2 is 1.76 bits per heavy atom. The normalized spacial score (nSPS) is 12.9. The van der Waals surface area contributed by atoms with E-state index >= 15 is 0 Å². The van der Waals surface area contributed by atoms with Crippen molar-refractivity contribution in [3.8, 4) is 11.5 Å². The van der Waals surface area contributed by atoms with Crippen molar-refractivity contribution in [2.75, 3.05) is 18.7 Å². The number of rotatable bonds is 5. The number of carbonyl (C=O) groups is 1. The highest BCUT2D eigenvalue weighted by atomic mass is 16.7. The Balaban J connectivity index is 1.46. The highest BCUT2D eigenvalue weighted by Crippen LogP contribution is 2.32. The van der Waals surface area contributed by atoms with Crippen LogP contribution in [0, 0.1) is 0 Å². The molecule has 0 aliphatic carbocycles. The van der Waals surface area contributed by atoms with E-state index in [1.807, 2.05) is 30.3 Å². The predicted octanol–water partition coefficient (Wildman–Crippen LogP) is 3.44. The number of hydrogen-bond acceptors (Lipinski definition) is 4. The molecule has 0 atom stereocenters. The van der Waals surface area contributed by atoms with Crippen molar-refractivity contribution in [2.45, 2.75) is 32.7 Å². The van der Waals surface area contributed by atoms with Crippen molar-refractivity contribution >= 4 is 11.6 Å². The molecule has 5 nitrogen and oxygen atoms in total. The fourth-order valence-electron chi connectivity index (χ4n) is 2.63. The Kier molecular flexibility index (Phi) is 4.95. The number of benzene rings is 2. The van der Waals surface area contributed by atoms with Crippen LogP contribution < -0.4 is 20.1 Å². The van der Waals surface area contributed by atoms with Gasteiger partial charge < -0.3 is 20.1 Å². The van der Waals surface area contributed by atoms with Gasteiger partial charge in [0.2, 0.25) is 12.7 Å². The second-order valence-corrected chi connectivity index (χ2v) is 7.17. The van der Waals surface area contributed by atoms with Gasteiger partial charge in [-0.1, -0.05) is 39.0 Å². The SMILES string of the molecule is CC(C)(C)c1ccc(NC(=O)CNCc2ccc3c(c2)OCO3)cc1. The minimum atomic E-state index is -0.0655. The largest absolute Gasteiger partial charge is 0.454 e. The van der Waals surface area contributed by atoms with E-state index in [4.69, 9.17) is 9.47 Å². The number of ether oxygens (including phenoxy) is 2. The van der Waals surface area contributed by atoms with Crippen molar-refractivity contribution in [1.82, 2.24) is 5.32 Å². The molecule has 2 aromatic carbocycles. The molecular weight excluding hydrogens is 316 g/mol. The fraction of sp³-hybridized carbons (Fsp3) is 0.350. The van der Waals surface area contributed by atoms with Gasteiger partial charge in [-0.3, -0.25) is 4.79 Å². The average Bonchev–Trinajstić information content (AvgIpc) is 3.02. The summed E-state index contributed by atoms with van der Waals surface area (Å²) in [6.45, 7) is 7.60. The molecule has 1 amide bonds. The minimum Gasteiger partial charge on any atom is -0.454 e. The van der Waals surface area contributed by atoms with Gasteiger partial charge in [0.1, 0.15) is 0 Å². The van der Waals surface area contributed by atoms with Gasteiger partial charge in [0.15, 0.2) is 11.5 Å². The van der Waals surface area contributed by atoms with Crippen LogP contribution in [0.2, 0.25) is 0 Å². The first-order valence-corrected chi connectivity index (χ1v) is 8.41. The van der Waals surface area contributed by atoms with Gasteiger partial charge in [-0.2, -0.15) is 0 Å². The van der Waals surface area contributed by atoms with Gasteiger partial charge in [0.25, 0.3) is 0 Å². The number of nitrogens with one attached hydrogen (secondary N) is 2. The summed E-state index contributed by atoms with van der Waals surface area (Å²) in [5.41, 5.74) is 3.20. The third-order valence-corrected chi connectivity index (χ3v) is 4.09. The van der Waals surface area contributed by atoms with E-state index in [1.54, 1.807) is 0 Å². The molecule has 1 aliphatic heterocycles. The van der Waals surface area contributed by atoms with Gasteiger partial charge in [-0.25, -0.2) is 0 Å². The van der Waals surface area contributed by atoms with Crippen LogP contribution in [0.15, 0.2) is 42.5 Å². The van der Waals surface area contributed by atoms with Crippen LogP contribution in [0.25, 0.3) is 0 Å². The first-order chi connectivity index (χ1) is 11.9. The number of hydrogen-bond donors (Lipinski definition) is 2. The number of fused-ring (bicyclic) bond motifs is 1. The molecule has 5 heteroatoms. The molecular formula is C20H24N2O3. The number of carbonyl (C=O) groups excluding carboxylic acids is 1. The standard InChI is InChI=1S/C20H24N2O3/c1-20(2,3)15-5-7-16(8-6-15)22-19(23)12-21-11-14-4-9-17-18(10-14)25-13-24-17/h4-10,21H,11-13H2,1-3H3,(H,22,23). The molecule has 0 bridgehead atoms. The Bertz CT molecular complexity index is 749. The summed E-state index contributed by atoms with van der Waals surface area (Å²) in [6, 6.07) is 13.8. The Morgan fingerprint density at radius 3 is 2.48 bits per heavy atom. The van der Waals surface area contributed by atoms with Gasteiger partial charge in [0.05, 0.1) is 6.54 Å². The smallest absolute Gasteiger partial charge is 0.238 e. The lowest BCUT2D eigenvalue weighted by Crippen LogP contribution is -2.27. The van der Waals surface area contributed by atoms with Crippen molar-refractivity contribution in [2.24, 2.45) is 0 Å². The summed E-state index contributed by atoms with van der Waals surface area (Å²) in [6.07, 6.45) is 0. The molecule has 2 aromatic rings. The summed E-state index contributed by atoms with van der Waals surface area (Å²) in [7, 11) is 0. The predicted molar refractivity (Wildman–Crippen MR) is 98.0 cm³/mol. The van der Waals surface area contributed by atoms with Gasteiger partial charge in [0, 0.05) is 12.2 Å². The maximum atomic E-state index is 12.1. The molecule has 132 valence electrons. The summed E-state index contributed by atoms with van der Waals surface area (Å²) in [5, 5.41) is 6.04. The maximum absolute atomic E-state index is 12.1. The summed E-state index contributed by atoms with van der Waals surface area (Å²) < 4.78 is 10.6. The molecule has 0 saturated carbocycles.